The number of carbonyl (C=O) groups excluding carboxylic acids is 2. The smallest absolute Gasteiger partial charge is 0.273 e. The predicted molar refractivity (Wildman–Crippen MR) is 122 cm³/mol. The molecule has 3 aromatic rings. The van der Waals surface area contributed by atoms with Gasteiger partial charge in [-0.2, -0.15) is 0 Å². The van der Waals surface area contributed by atoms with Crippen molar-refractivity contribution in [1.82, 2.24) is 15.4 Å². The number of benzene rings is 2. The van der Waals surface area contributed by atoms with E-state index in [4.69, 9.17) is 4.52 Å². The van der Waals surface area contributed by atoms with E-state index in [-0.39, 0.29) is 23.6 Å². The Hall–Kier alpha value is -3.41. The second-order valence-corrected chi connectivity index (χ2v) is 8.44. The number of nitrogens with zero attached hydrogens (tertiary/aromatic N) is 2. The minimum absolute atomic E-state index is 0.0146. The van der Waals surface area contributed by atoms with E-state index < -0.39 is 0 Å². The third kappa shape index (κ3) is 5.44. The molecule has 2 aromatic carbocycles. The zero-order valence-electron chi connectivity index (χ0n) is 18.4. The second kappa shape index (κ2) is 10.3. The SMILES string of the molecule is Cc1ccc(CNC(=O)c2cc(CN(C(=O)c3ccccc3)C3CCCCC3)on2)cc1. The van der Waals surface area contributed by atoms with Gasteiger partial charge in [-0.15, -0.1) is 0 Å². The Morgan fingerprint density at radius 2 is 1.75 bits per heavy atom. The first kappa shape index (κ1) is 21.8. The largest absolute Gasteiger partial charge is 0.359 e. The number of aromatic nitrogens is 1. The summed E-state index contributed by atoms with van der Waals surface area (Å²) in [5.41, 5.74) is 3.08. The Labute approximate surface area is 188 Å². The Kier molecular flexibility index (Phi) is 7.00. The highest BCUT2D eigenvalue weighted by molar-refractivity contribution is 5.94. The van der Waals surface area contributed by atoms with Gasteiger partial charge in [0.1, 0.15) is 0 Å². The average Bonchev–Trinajstić information content (AvgIpc) is 3.31. The maximum Gasteiger partial charge on any atom is 0.273 e. The first-order valence-electron chi connectivity index (χ1n) is 11.3. The lowest BCUT2D eigenvalue weighted by Crippen LogP contribution is -2.40. The van der Waals surface area contributed by atoms with Crippen LogP contribution in [0.2, 0.25) is 0 Å². The van der Waals surface area contributed by atoms with Crippen LogP contribution in [0.5, 0.6) is 0 Å². The zero-order valence-corrected chi connectivity index (χ0v) is 18.4. The van der Waals surface area contributed by atoms with Crippen molar-refractivity contribution in [2.24, 2.45) is 0 Å². The molecular weight excluding hydrogens is 402 g/mol. The number of hydrogen-bond donors (Lipinski definition) is 1. The van der Waals surface area contributed by atoms with Crippen LogP contribution >= 0.6 is 0 Å². The number of rotatable bonds is 7. The van der Waals surface area contributed by atoms with Crippen LogP contribution in [0.4, 0.5) is 0 Å². The molecule has 1 N–H and O–H groups in total. The molecule has 166 valence electrons. The fourth-order valence-corrected chi connectivity index (χ4v) is 4.15. The van der Waals surface area contributed by atoms with Gasteiger partial charge in [0.05, 0.1) is 6.54 Å². The topological polar surface area (TPSA) is 75.4 Å². The summed E-state index contributed by atoms with van der Waals surface area (Å²) in [6, 6.07) is 19.1. The molecule has 1 aliphatic carbocycles. The summed E-state index contributed by atoms with van der Waals surface area (Å²) >= 11 is 0. The quantitative estimate of drug-likeness (QED) is 0.578. The van der Waals surface area contributed by atoms with Crippen molar-refractivity contribution in [3.63, 3.8) is 0 Å². The third-order valence-electron chi connectivity index (χ3n) is 5.99. The van der Waals surface area contributed by atoms with Crippen molar-refractivity contribution < 1.29 is 14.1 Å². The lowest BCUT2D eigenvalue weighted by Gasteiger charge is -2.33. The highest BCUT2D eigenvalue weighted by Gasteiger charge is 2.28. The van der Waals surface area contributed by atoms with E-state index in [1.807, 2.05) is 66.4 Å². The average molecular weight is 432 g/mol. The monoisotopic (exact) mass is 431 g/mol. The van der Waals surface area contributed by atoms with Crippen molar-refractivity contribution >= 4 is 11.8 Å². The van der Waals surface area contributed by atoms with Crippen LogP contribution in [0.1, 0.15) is 69.8 Å². The highest BCUT2D eigenvalue weighted by atomic mass is 16.5. The molecule has 1 fully saturated rings. The number of amides is 2. The van der Waals surface area contributed by atoms with Crippen LogP contribution in [0, 0.1) is 6.92 Å². The summed E-state index contributed by atoms with van der Waals surface area (Å²) in [7, 11) is 0. The molecule has 1 heterocycles. The summed E-state index contributed by atoms with van der Waals surface area (Å²) in [6.45, 7) is 2.75. The van der Waals surface area contributed by atoms with E-state index >= 15 is 0 Å². The Morgan fingerprint density at radius 1 is 1.03 bits per heavy atom. The molecule has 0 saturated heterocycles. The Morgan fingerprint density at radius 3 is 2.47 bits per heavy atom. The second-order valence-electron chi connectivity index (χ2n) is 8.44. The van der Waals surface area contributed by atoms with E-state index in [0.29, 0.717) is 24.4 Å². The van der Waals surface area contributed by atoms with Gasteiger partial charge in [0.2, 0.25) is 0 Å². The molecule has 0 bridgehead atoms. The van der Waals surface area contributed by atoms with Crippen molar-refractivity contribution in [3.05, 3.63) is 88.8 Å². The normalized spacial score (nSPS) is 14.2. The zero-order chi connectivity index (χ0) is 22.3. The van der Waals surface area contributed by atoms with Crippen LogP contribution in [0.3, 0.4) is 0 Å². The van der Waals surface area contributed by atoms with Crippen molar-refractivity contribution in [2.45, 2.75) is 58.2 Å². The van der Waals surface area contributed by atoms with Gasteiger partial charge in [-0.25, -0.2) is 0 Å². The Balaban J connectivity index is 1.44. The van der Waals surface area contributed by atoms with Crippen LogP contribution in [0.25, 0.3) is 0 Å². The number of hydrogen-bond acceptors (Lipinski definition) is 4. The molecule has 1 saturated carbocycles. The van der Waals surface area contributed by atoms with E-state index in [2.05, 4.69) is 10.5 Å². The van der Waals surface area contributed by atoms with Gasteiger partial charge in [0.25, 0.3) is 11.8 Å². The van der Waals surface area contributed by atoms with Crippen molar-refractivity contribution in [3.8, 4) is 0 Å². The van der Waals surface area contributed by atoms with E-state index in [1.54, 1.807) is 6.07 Å². The van der Waals surface area contributed by atoms with Crippen LogP contribution in [-0.2, 0) is 13.1 Å². The number of nitrogens with one attached hydrogen (secondary N) is 1. The lowest BCUT2D eigenvalue weighted by atomic mass is 9.93. The Bertz CT molecular complexity index is 1040. The van der Waals surface area contributed by atoms with Crippen LogP contribution in [0.15, 0.2) is 65.2 Å². The molecule has 1 aromatic heterocycles. The predicted octanol–water partition coefficient (Wildman–Crippen LogP) is 4.89. The molecule has 1 aliphatic rings. The maximum atomic E-state index is 13.3. The summed E-state index contributed by atoms with van der Waals surface area (Å²) in [5, 5.41) is 6.82. The minimum atomic E-state index is -0.292. The van der Waals surface area contributed by atoms with E-state index in [0.717, 1.165) is 31.2 Å². The standard InChI is InChI=1S/C26H29N3O3/c1-19-12-14-20(15-13-19)17-27-25(30)24-16-23(32-28-24)18-29(22-10-6-3-7-11-22)26(31)21-8-4-2-5-9-21/h2,4-5,8-9,12-16,22H,3,6-7,10-11,17-18H2,1H3,(H,27,30). The molecule has 0 unspecified atom stereocenters. The molecule has 0 spiro atoms. The highest BCUT2D eigenvalue weighted by Crippen LogP contribution is 2.26. The van der Waals surface area contributed by atoms with Gasteiger partial charge in [0.15, 0.2) is 11.5 Å². The van der Waals surface area contributed by atoms with Gasteiger partial charge in [-0.05, 0) is 37.5 Å². The van der Waals surface area contributed by atoms with E-state index in [9.17, 15) is 9.59 Å². The van der Waals surface area contributed by atoms with Crippen LogP contribution < -0.4 is 5.32 Å². The summed E-state index contributed by atoms with van der Waals surface area (Å²) in [6.07, 6.45) is 5.41. The molecule has 0 aliphatic heterocycles. The lowest BCUT2D eigenvalue weighted by molar-refractivity contribution is 0.0590. The molecule has 6 heteroatoms. The summed E-state index contributed by atoms with van der Waals surface area (Å²) in [5.74, 6) is 0.207. The molecule has 4 rings (SSSR count). The molecule has 32 heavy (non-hydrogen) atoms. The fourth-order valence-electron chi connectivity index (χ4n) is 4.15. The van der Waals surface area contributed by atoms with E-state index in [1.165, 1.54) is 12.0 Å². The van der Waals surface area contributed by atoms with Crippen LogP contribution in [-0.4, -0.2) is 27.9 Å². The van der Waals surface area contributed by atoms with Gasteiger partial charge in [-0.3, -0.25) is 9.59 Å². The van der Waals surface area contributed by atoms with Gasteiger partial charge in [0, 0.05) is 24.2 Å². The summed E-state index contributed by atoms with van der Waals surface area (Å²) < 4.78 is 5.46. The van der Waals surface area contributed by atoms with Crippen molar-refractivity contribution in [2.75, 3.05) is 0 Å². The first-order valence-corrected chi connectivity index (χ1v) is 11.3. The van der Waals surface area contributed by atoms with Gasteiger partial charge < -0.3 is 14.7 Å². The minimum Gasteiger partial charge on any atom is -0.359 e. The van der Waals surface area contributed by atoms with Crippen molar-refractivity contribution in [1.29, 1.82) is 0 Å². The molecular formula is C26H29N3O3. The molecule has 2 amide bonds. The molecule has 6 nitrogen and oxygen atoms in total. The fraction of sp³-hybridized carbons (Fsp3) is 0.346. The molecule has 0 atom stereocenters. The summed E-state index contributed by atoms with van der Waals surface area (Å²) in [4.78, 5) is 27.7. The van der Waals surface area contributed by atoms with Gasteiger partial charge >= 0.3 is 0 Å². The number of aryl methyl sites for hydroxylation is 1. The maximum absolute atomic E-state index is 13.3. The molecule has 0 radical (unpaired) electrons. The number of carbonyl (C=O) groups is 2. The van der Waals surface area contributed by atoms with Gasteiger partial charge in [-0.1, -0.05) is 72.4 Å². The first-order chi connectivity index (χ1) is 15.6. The third-order valence-corrected chi connectivity index (χ3v) is 5.99.